The maximum atomic E-state index is 15.1. The lowest BCUT2D eigenvalue weighted by Gasteiger charge is -2.31. The fourth-order valence-corrected chi connectivity index (χ4v) is 3.79. The van der Waals surface area contributed by atoms with Crippen molar-refractivity contribution >= 4 is 11.6 Å². The molecule has 1 saturated carbocycles. The zero-order valence-electron chi connectivity index (χ0n) is 17.6. The quantitative estimate of drug-likeness (QED) is 0.562. The van der Waals surface area contributed by atoms with Crippen LogP contribution in [0, 0.1) is 6.92 Å². The minimum Gasteiger partial charge on any atom is -0.393 e. The fourth-order valence-electron chi connectivity index (χ4n) is 3.79. The monoisotopic (exact) mass is 463 g/mol. The molecule has 0 unspecified atom stereocenters. The molecule has 33 heavy (non-hydrogen) atoms. The molecule has 0 radical (unpaired) electrons. The lowest BCUT2D eigenvalue weighted by Crippen LogP contribution is -2.30. The molecule has 0 spiro atoms. The largest absolute Gasteiger partial charge is 0.417 e. The number of pyridine rings is 2. The van der Waals surface area contributed by atoms with E-state index in [1.807, 2.05) is 0 Å². The van der Waals surface area contributed by atoms with E-state index in [0.717, 1.165) is 6.07 Å². The predicted octanol–water partition coefficient (Wildman–Crippen LogP) is 4.34. The molecule has 3 aromatic rings. The van der Waals surface area contributed by atoms with Gasteiger partial charge in [0.1, 0.15) is 0 Å². The predicted molar refractivity (Wildman–Crippen MR) is 111 cm³/mol. The van der Waals surface area contributed by atoms with E-state index in [2.05, 4.69) is 20.4 Å². The summed E-state index contributed by atoms with van der Waals surface area (Å²) in [4.78, 5) is 20.6. The van der Waals surface area contributed by atoms with Crippen LogP contribution in [0.4, 0.5) is 23.2 Å². The van der Waals surface area contributed by atoms with Gasteiger partial charge in [-0.25, -0.2) is 14.1 Å². The molecule has 0 aliphatic heterocycles. The van der Waals surface area contributed by atoms with Gasteiger partial charge in [-0.3, -0.25) is 9.78 Å². The number of nitrogens with one attached hydrogen (secondary N) is 1. The van der Waals surface area contributed by atoms with Crippen LogP contribution >= 0.6 is 0 Å². The number of hydrogen-bond donors (Lipinski definition) is 2. The molecule has 1 aliphatic carbocycles. The summed E-state index contributed by atoms with van der Waals surface area (Å²) in [7, 11) is 0. The highest BCUT2D eigenvalue weighted by molar-refractivity contribution is 6.04. The third-order valence-electron chi connectivity index (χ3n) is 5.77. The first-order valence-electron chi connectivity index (χ1n) is 10.3. The molecule has 0 atom stereocenters. The van der Waals surface area contributed by atoms with Crippen molar-refractivity contribution in [2.45, 2.75) is 50.6 Å². The molecule has 3 heterocycles. The summed E-state index contributed by atoms with van der Waals surface area (Å²) < 4.78 is 54.6. The molecule has 4 rings (SSSR count). The molecule has 11 heteroatoms. The molecular weight excluding hydrogens is 442 g/mol. The van der Waals surface area contributed by atoms with Gasteiger partial charge in [-0.15, -0.1) is 0 Å². The van der Waals surface area contributed by atoms with Crippen molar-refractivity contribution < 1.29 is 27.5 Å². The summed E-state index contributed by atoms with van der Waals surface area (Å²) >= 11 is 0. The number of anilines is 1. The summed E-state index contributed by atoms with van der Waals surface area (Å²) in [6, 6.07) is 5.12. The van der Waals surface area contributed by atoms with Gasteiger partial charge in [-0.2, -0.15) is 18.3 Å². The van der Waals surface area contributed by atoms with Crippen LogP contribution in [-0.4, -0.2) is 36.9 Å². The Morgan fingerprint density at radius 1 is 1.12 bits per heavy atom. The Morgan fingerprint density at radius 2 is 1.85 bits per heavy atom. The summed E-state index contributed by atoms with van der Waals surface area (Å²) in [5.41, 5.74) is -1.30. The smallest absolute Gasteiger partial charge is 0.393 e. The minimum absolute atomic E-state index is 0.136. The van der Waals surface area contributed by atoms with E-state index in [9.17, 15) is 23.1 Å². The average molecular weight is 463 g/mol. The molecular formula is C22H21F4N5O2. The van der Waals surface area contributed by atoms with Crippen molar-refractivity contribution in [1.29, 1.82) is 0 Å². The number of aliphatic hydroxyl groups is 1. The van der Waals surface area contributed by atoms with E-state index in [1.165, 1.54) is 29.2 Å². The number of halogens is 4. The molecule has 0 saturated heterocycles. The summed E-state index contributed by atoms with van der Waals surface area (Å²) in [5, 5.41) is 16.3. The molecule has 7 nitrogen and oxygen atoms in total. The molecule has 0 aromatic carbocycles. The number of aromatic nitrogens is 4. The van der Waals surface area contributed by atoms with Crippen molar-refractivity contribution in [3.63, 3.8) is 0 Å². The maximum absolute atomic E-state index is 15.1. The van der Waals surface area contributed by atoms with Crippen LogP contribution in [-0.2, 0) is 11.8 Å². The number of amides is 1. The Balaban J connectivity index is 1.47. The number of hydrogen-bond acceptors (Lipinski definition) is 5. The van der Waals surface area contributed by atoms with Crippen molar-refractivity contribution in [1.82, 2.24) is 19.7 Å². The second-order valence-corrected chi connectivity index (χ2v) is 8.04. The highest BCUT2D eigenvalue weighted by Crippen LogP contribution is 2.40. The number of carbonyl (C=O) groups excluding carboxylic acids is 1. The van der Waals surface area contributed by atoms with Gasteiger partial charge in [0.05, 0.1) is 46.7 Å². The van der Waals surface area contributed by atoms with E-state index < -0.39 is 29.4 Å². The van der Waals surface area contributed by atoms with Gasteiger partial charge in [0.2, 0.25) is 0 Å². The summed E-state index contributed by atoms with van der Waals surface area (Å²) in [6.07, 6.45) is -0.539. The Kier molecular flexibility index (Phi) is 5.91. The number of alkyl halides is 4. The van der Waals surface area contributed by atoms with Gasteiger partial charge in [0.25, 0.3) is 5.91 Å². The van der Waals surface area contributed by atoms with Crippen LogP contribution in [0.3, 0.4) is 0 Å². The van der Waals surface area contributed by atoms with E-state index in [-0.39, 0.29) is 29.9 Å². The molecule has 1 fully saturated rings. The second kappa shape index (κ2) is 8.54. The third-order valence-corrected chi connectivity index (χ3v) is 5.77. The zero-order valence-corrected chi connectivity index (χ0v) is 17.6. The van der Waals surface area contributed by atoms with Crippen LogP contribution in [0.2, 0.25) is 0 Å². The molecule has 2 N–H and O–H groups in total. The minimum atomic E-state index is -4.50. The van der Waals surface area contributed by atoms with Gasteiger partial charge in [0, 0.05) is 6.20 Å². The van der Waals surface area contributed by atoms with Crippen molar-refractivity contribution in [2.75, 3.05) is 5.32 Å². The van der Waals surface area contributed by atoms with Gasteiger partial charge < -0.3 is 10.4 Å². The Morgan fingerprint density at radius 3 is 2.42 bits per heavy atom. The third kappa shape index (κ3) is 4.72. The lowest BCUT2D eigenvalue weighted by molar-refractivity contribution is -0.137. The number of rotatable bonds is 4. The normalized spacial score (nSPS) is 21.1. The zero-order chi connectivity index (χ0) is 23.8. The first-order valence-corrected chi connectivity index (χ1v) is 10.3. The summed E-state index contributed by atoms with van der Waals surface area (Å²) in [5.74, 6) is -0.368. The van der Waals surface area contributed by atoms with Crippen LogP contribution in [0.25, 0.3) is 5.82 Å². The summed E-state index contributed by atoms with van der Waals surface area (Å²) in [6.45, 7) is 1.59. The van der Waals surface area contributed by atoms with Gasteiger partial charge in [-0.05, 0) is 56.9 Å². The number of aliphatic hydroxyl groups excluding tert-OH is 1. The molecule has 1 amide bonds. The SMILES string of the molecule is Cc1c(C(=O)Nc2ccc(C3(F)CCC(O)CC3)nc2)cnn1-c1ccc(C(F)(F)F)cn1. The molecule has 3 aromatic heterocycles. The Bertz CT molecular complexity index is 1140. The van der Waals surface area contributed by atoms with E-state index in [1.54, 1.807) is 13.0 Å². The van der Waals surface area contributed by atoms with Crippen molar-refractivity contribution in [3.8, 4) is 5.82 Å². The fraction of sp³-hybridized carbons (Fsp3) is 0.364. The standard InChI is InChI=1S/C22H21F4N5O2/c1-13-17(12-29-31(13)19-5-2-14(10-28-19)22(24,25)26)20(33)30-15-3-4-18(27-11-15)21(23)8-6-16(32)7-9-21/h2-5,10-12,16,32H,6-9H2,1H3,(H,30,33). The Hall–Kier alpha value is -3.34. The van der Waals surface area contributed by atoms with Gasteiger partial charge in [-0.1, -0.05) is 0 Å². The molecule has 1 aliphatic rings. The van der Waals surface area contributed by atoms with E-state index in [4.69, 9.17) is 0 Å². The first-order chi connectivity index (χ1) is 15.6. The van der Waals surface area contributed by atoms with Crippen LogP contribution in [0.5, 0.6) is 0 Å². The van der Waals surface area contributed by atoms with Gasteiger partial charge in [0.15, 0.2) is 11.5 Å². The highest BCUT2D eigenvalue weighted by Gasteiger charge is 2.37. The highest BCUT2D eigenvalue weighted by atomic mass is 19.4. The first kappa shape index (κ1) is 22.8. The van der Waals surface area contributed by atoms with Crippen molar-refractivity contribution in [2.24, 2.45) is 0 Å². The van der Waals surface area contributed by atoms with Crippen molar-refractivity contribution in [3.05, 3.63) is 65.4 Å². The van der Waals surface area contributed by atoms with Crippen LogP contribution in [0.1, 0.15) is 53.0 Å². The number of nitrogens with zero attached hydrogens (tertiary/aromatic N) is 4. The van der Waals surface area contributed by atoms with Gasteiger partial charge >= 0.3 is 6.18 Å². The Labute approximate surface area is 186 Å². The van der Waals surface area contributed by atoms with E-state index >= 15 is 4.39 Å². The topological polar surface area (TPSA) is 92.9 Å². The van der Waals surface area contributed by atoms with Crippen LogP contribution < -0.4 is 5.32 Å². The molecule has 0 bridgehead atoms. The average Bonchev–Trinajstić information content (AvgIpc) is 3.17. The second-order valence-electron chi connectivity index (χ2n) is 8.04. The number of carbonyl (C=O) groups is 1. The van der Waals surface area contributed by atoms with E-state index in [0.29, 0.717) is 30.4 Å². The maximum Gasteiger partial charge on any atom is 0.417 e. The van der Waals surface area contributed by atoms with Crippen LogP contribution in [0.15, 0.2) is 42.9 Å². The molecule has 174 valence electrons. The lowest BCUT2D eigenvalue weighted by atomic mass is 9.82.